The molecule has 1 atom stereocenters. The van der Waals surface area contributed by atoms with E-state index in [1.54, 1.807) is 0 Å². The van der Waals surface area contributed by atoms with Crippen LogP contribution in [-0.2, 0) is 14.8 Å². The zero-order valence-electron chi connectivity index (χ0n) is 9.48. The first-order valence-electron chi connectivity index (χ1n) is 5.72. The predicted molar refractivity (Wildman–Crippen MR) is 60.3 cm³/mol. The average molecular weight is 246 g/mol. The fourth-order valence-electron chi connectivity index (χ4n) is 2.00. The van der Waals surface area contributed by atoms with Gasteiger partial charge >= 0.3 is 0 Å². The Hall–Kier alpha value is -0.620. The molecule has 16 heavy (non-hydrogen) atoms. The molecule has 0 spiro atoms. The Morgan fingerprint density at radius 2 is 2.00 bits per heavy atom. The lowest BCUT2D eigenvalue weighted by Crippen LogP contribution is -2.45. The van der Waals surface area contributed by atoms with Crippen LogP contribution in [0.5, 0.6) is 0 Å². The number of nitrogens with zero attached hydrogens (tertiary/aromatic N) is 1. The Kier molecular flexibility index (Phi) is 3.21. The van der Waals surface area contributed by atoms with E-state index in [0.29, 0.717) is 19.1 Å². The summed E-state index contributed by atoms with van der Waals surface area (Å²) in [7, 11) is -3.15. The van der Waals surface area contributed by atoms with Crippen molar-refractivity contribution >= 4 is 15.9 Å². The molecule has 2 fully saturated rings. The number of rotatable bonds is 3. The second-order valence-electron chi connectivity index (χ2n) is 4.74. The highest BCUT2D eigenvalue weighted by Gasteiger charge is 2.32. The number of hydrogen-bond acceptors (Lipinski definition) is 3. The molecule has 1 heterocycles. The fraction of sp³-hybridized carbons (Fsp3) is 0.900. The first kappa shape index (κ1) is 11.9. The van der Waals surface area contributed by atoms with Gasteiger partial charge in [0.05, 0.1) is 12.2 Å². The van der Waals surface area contributed by atoms with E-state index in [2.05, 4.69) is 5.32 Å². The molecule has 0 bridgehead atoms. The summed E-state index contributed by atoms with van der Waals surface area (Å²) in [4.78, 5) is 11.8. The molecule has 0 radical (unpaired) electrons. The number of amides is 1. The van der Waals surface area contributed by atoms with E-state index < -0.39 is 10.0 Å². The van der Waals surface area contributed by atoms with Gasteiger partial charge in [-0.2, -0.15) is 0 Å². The minimum atomic E-state index is -3.15. The predicted octanol–water partition coefficient (Wildman–Crippen LogP) is -0.0634. The first-order chi connectivity index (χ1) is 7.47. The van der Waals surface area contributed by atoms with Crippen LogP contribution in [-0.4, -0.2) is 44.0 Å². The van der Waals surface area contributed by atoms with Gasteiger partial charge in [0.25, 0.3) is 0 Å². The number of nitrogens with one attached hydrogen (secondary N) is 1. The van der Waals surface area contributed by atoms with Crippen LogP contribution in [0, 0.1) is 5.92 Å². The van der Waals surface area contributed by atoms with Gasteiger partial charge in [-0.3, -0.25) is 4.79 Å². The molecule has 0 aromatic rings. The molecule has 1 aliphatic heterocycles. The van der Waals surface area contributed by atoms with Crippen molar-refractivity contribution in [2.45, 2.75) is 31.7 Å². The second-order valence-corrected chi connectivity index (χ2v) is 6.73. The standard InChI is InChI=1S/C10H18N2O3S/c1-16(14,15)12-6-2-3-8(7-12)10(13)11-9-4-5-9/h8-9H,2-7H2,1H3,(H,11,13)/t8-/m0/s1. The number of carbonyl (C=O) groups excluding carboxylic acids is 1. The molecule has 1 N–H and O–H groups in total. The maximum Gasteiger partial charge on any atom is 0.224 e. The van der Waals surface area contributed by atoms with Crippen molar-refractivity contribution in [3.05, 3.63) is 0 Å². The van der Waals surface area contributed by atoms with Crippen molar-refractivity contribution in [3.8, 4) is 0 Å². The summed E-state index contributed by atoms with van der Waals surface area (Å²) in [6, 6.07) is 0.348. The minimum Gasteiger partial charge on any atom is -0.353 e. The van der Waals surface area contributed by atoms with Crippen LogP contribution in [0.3, 0.4) is 0 Å². The van der Waals surface area contributed by atoms with Gasteiger partial charge in [-0.15, -0.1) is 0 Å². The molecule has 1 saturated carbocycles. The number of hydrogen-bond donors (Lipinski definition) is 1. The Morgan fingerprint density at radius 3 is 2.56 bits per heavy atom. The molecule has 1 aliphatic carbocycles. The van der Waals surface area contributed by atoms with Crippen molar-refractivity contribution in [3.63, 3.8) is 0 Å². The number of sulfonamides is 1. The Labute approximate surface area is 96.2 Å². The van der Waals surface area contributed by atoms with Crippen molar-refractivity contribution in [2.75, 3.05) is 19.3 Å². The molecule has 1 saturated heterocycles. The van der Waals surface area contributed by atoms with E-state index in [1.807, 2.05) is 0 Å². The molecular formula is C10H18N2O3S. The van der Waals surface area contributed by atoms with E-state index in [9.17, 15) is 13.2 Å². The number of piperidine rings is 1. The number of carbonyl (C=O) groups is 1. The first-order valence-corrected chi connectivity index (χ1v) is 7.57. The molecule has 0 unspecified atom stereocenters. The molecule has 2 rings (SSSR count). The molecule has 0 aromatic carbocycles. The van der Waals surface area contributed by atoms with Crippen molar-refractivity contribution in [2.24, 2.45) is 5.92 Å². The fourth-order valence-corrected chi connectivity index (χ4v) is 2.92. The summed E-state index contributed by atoms with van der Waals surface area (Å²) in [6.07, 6.45) is 4.90. The van der Waals surface area contributed by atoms with E-state index in [1.165, 1.54) is 10.6 Å². The van der Waals surface area contributed by atoms with Gasteiger partial charge in [0, 0.05) is 19.1 Å². The molecule has 0 aromatic heterocycles. The zero-order chi connectivity index (χ0) is 11.8. The second kappa shape index (κ2) is 4.33. The Bertz CT molecular complexity index is 376. The molecule has 1 amide bonds. The van der Waals surface area contributed by atoms with Crippen LogP contribution in [0.25, 0.3) is 0 Å². The SMILES string of the molecule is CS(=O)(=O)N1CCC[C@H](C(=O)NC2CC2)C1. The summed E-state index contributed by atoms with van der Waals surface area (Å²) in [5.41, 5.74) is 0. The topological polar surface area (TPSA) is 66.5 Å². The molecule has 2 aliphatic rings. The van der Waals surface area contributed by atoms with E-state index in [4.69, 9.17) is 0 Å². The lowest BCUT2D eigenvalue weighted by atomic mass is 9.99. The third-order valence-electron chi connectivity index (χ3n) is 3.15. The van der Waals surface area contributed by atoms with Crippen molar-refractivity contribution < 1.29 is 13.2 Å². The van der Waals surface area contributed by atoms with Crippen LogP contribution in [0.1, 0.15) is 25.7 Å². The lowest BCUT2D eigenvalue weighted by Gasteiger charge is -2.30. The largest absolute Gasteiger partial charge is 0.353 e. The van der Waals surface area contributed by atoms with Crippen LogP contribution in [0.15, 0.2) is 0 Å². The maximum absolute atomic E-state index is 11.8. The van der Waals surface area contributed by atoms with Gasteiger partial charge in [-0.25, -0.2) is 12.7 Å². The van der Waals surface area contributed by atoms with Gasteiger partial charge in [0.2, 0.25) is 15.9 Å². The van der Waals surface area contributed by atoms with E-state index in [0.717, 1.165) is 25.7 Å². The maximum atomic E-state index is 11.8. The van der Waals surface area contributed by atoms with Crippen LogP contribution >= 0.6 is 0 Å². The van der Waals surface area contributed by atoms with Crippen molar-refractivity contribution in [1.82, 2.24) is 9.62 Å². The van der Waals surface area contributed by atoms with E-state index >= 15 is 0 Å². The van der Waals surface area contributed by atoms with Gasteiger partial charge in [-0.1, -0.05) is 0 Å². The Morgan fingerprint density at radius 1 is 1.31 bits per heavy atom. The molecule has 5 nitrogen and oxygen atoms in total. The summed E-state index contributed by atoms with van der Waals surface area (Å²) in [6.45, 7) is 0.892. The highest BCUT2D eigenvalue weighted by atomic mass is 32.2. The van der Waals surface area contributed by atoms with Gasteiger partial charge in [0.15, 0.2) is 0 Å². The van der Waals surface area contributed by atoms with Crippen molar-refractivity contribution in [1.29, 1.82) is 0 Å². The van der Waals surface area contributed by atoms with Gasteiger partial charge in [-0.05, 0) is 25.7 Å². The molecule has 92 valence electrons. The quantitative estimate of drug-likeness (QED) is 0.758. The summed E-state index contributed by atoms with van der Waals surface area (Å²) < 4.78 is 24.2. The monoisotopic (exact) mass is 246 g/mol. The molecule has 6 heteroatoms. The highest BCUT2D eigenvalue weighted by molar-refractivity contribution is 7.88. The summed E-state index contributed by atoms with van der Waals surface area (Å²) in [5.74, 6) is -0.139. The van der Waals surface area contributed by atoms with Gasteiger partial charge < -0.3 is 5.32 Å². The van der Waals surface area contributed by atoms with Crippen LogP contribution in [0.4, 0.5) is 0 Å². The van der Waals surface area contributed by atoms with Crippen LogP contribution < -0.4 is 5.32 Å². The normalized spacial score (nSPS) is 27.7. The van der Waals surface area contributed by atoms with Gasteiger partial charge in [0.1, 0.15) is 0 Å². The average Bonchev–Trinajstić information content (AvgIpc) is 3.00. The van der Waals surface area contributed by atoms with E-state index in [-0.39, 0.29) is 11.8 Å². The smallest absolute Gasteiger partial charge is 0.224 e. The third-order valence-corrected chi connectivity index (χ3v) is 4.42. The minimum absolute atomic E-state index is 0.0239. The van der Waals surface area contributed by atoms with Crippen LogP contribution in [0.2, 0.25) is 0 Å². The lowest BCUT2D eigenvalue weighted by molar-refractivity contribution is -0.126. The Balaban J connectivity index is 1.92. The molecular weight excluding hydrogens is 228 g/mol. The highest BCUT2D eigenvalue weighted by Crippen LogP contribution is 2.22. The zero-order valence-corrected chi connectivity index (χ0v) is 10.3. The third kappa shape index (κ3) is 2.95. The summed E-state index contributed by atoms with van der Waals surface area (Å²) >= 11 is 0. The summed E-state index contributed by atoms with van der Waals surface area (Å²) in [5, 5.41) is 2.94.